The van der Waals surface area contributed by atoms with Gasteiger partial charge in [0.05, 0.1) is 6.61 Å². The summed E-state index contributed by atoms with van der Waals surface area (Å²) in [4.78, 5) is 0. The van der Waals surface area contributed by atoms with E-state index in [2.05, 4.69) is 48.6 Å². The molecule has 3 rings (SSSR count). The van der Waals surface area contributed by atoms with Crippen LogP contribution in [0.15, 0.2) is 66.8 Å². The zero-order valence-corrected chi connectivity index (χ0v) is 10.7. The van der Waals surface area contributed by atoms with E-state index in [1.165, 1.54) is 16.7 Å². The van der Waals surface area contributed by atoms with E-state index >= 15 is 0 Å². The standard InChI is InChI=1S/C18H16O/c19-13-15-9-3-4-11-17(15)18-12-6-5-10-16(18)14-7-1-2-8-14/h1-7,9-12,19H,8,13H2. The third kappa shape index (κ3) is 2.25. The molecule has 0 aromatic heterocycles. The molecule has 0 unspecified atom stereocenters. The Morgan fingerprint density at radius 3 is 2.21 bits per heavy atom. The van der Waals surface area contributed by atoms with Gasteiger partial charge in [-0.05, 0) is 34.2 Å². The summed E-state index contributed by atoms with van der Waals surface area (Å²) in [5.41, 5.74) is 5.88. The molecule has 0 aliphatic heterocycles. The van der Waals surface area contributed by atoms with Gasteiger partial charge in [0.25, 0.3) is 0 Å². The molecule has 0 saturated carbocycles. The average Bonchev–Trinajstić information content (AvgIpc) is 3.01. The molecular weight excluding hydrogens is 232 g/mol. The van der Waals surface area contributed by atoms with Crippen LogP contribution >= 0.6 is 0 Å². The summed E-state index contributed by atoms with van der Waals surface area (Å²) in [6.07, 6.45) is 7.42. The number of allylic oxidation sites excluding steroid dienone is 4. The van der Waals surface area contributed by atoms with Crippen LogP contribution in [0, 0.1) is 0 Å². The highest BCUT2D eigenvalue weighted by molar-refractivity contribution is 5.84. The maximum absolute atomic E-state index is 9.51. The molecule has 2 aromatic rings. The van der Waals surface area contributed by atoms with Gasteiger partial charge < -0.3 is 5.11 Å². The molecule has 0 fully saturated rings. The highest BCUT2D eigenvalue weighted by Crippen LogP contribution is 2.34. The molecule has 19 heavy (non-hydrogen) atoms. The number of hydrogen-bond donors (Lipinski definition) is 1. The van der Waals surface area contributed by atoms with E-state index in [0.29, 0.717) is 0 Å². The van der Waals surface area contributed by atoms with Gasteiger partial charge in [-0.1, -0.05) is 66.8 Å². The van der Waals surface area contributed by atoms with E-state index in [1.54, 1.807) is 0 Å². The predicted molar refractivity (Wildman–Crippen MR) is 79.5 cm³/mol. The van der Waals surface area contributed by atoms with Crippen molar-refractivity contribution in [2.24, 2.45) is 0 Å². The molecule has 94 valence electrons. The molecule has 1 nitrogen and oxygen atoms in total. The smallest absolute Gasteiger partial charge is 0.0687 e. The molecule has 1 aliphatic rings. The van der Waals surface area contributed by atoms with Crippen LogP contribution in [0.25, 0.3) is 16.7 Å². The van der Waals surface area contributed by atoms with Crippen molar-refractivity contribution in [3.05, 3.63) is 77.9 Å². The molecule has 0 amide bonds. The van der Waals surface area contributed by atoms with Crippen molar-refractivity contribution in [2.75, 3.05) is 0 Å². The summed E-state index contributed by atoms with van der Waals surface area (Å²) in [6, 6.07) is 16.4. The van der Waals surface area contributed by atoms with Crippen LogP contribution in [0.2, 0.25) is 0 Å². The highest BCUT2D eigenvalue weighted by atomic mass is 16.3. The normalized spacial score (nSPS) is 13.6. The zero-order chi connectivity index (χ0) is 13.1. The third-order valence-corrected chi connectivity index (χ3v) is 3.52. The first-order chi connectivity index (χ1) is 9.40. The minimum atomic E-state index is 0.0712. The topological polar surface area (TPSA) is 20.2 Å². The maximum Gasteiger partial charge on any atom is 0.0687 e. The Balaban J connectivity index is 2.15. The van der Waals surface area contributed by atoms with E-state index < -0.39 is 0 Å². The summed E-state index contributed by atoms with van der Waals surface area (Å²) in [7, 11) is 0. The monoisotopic (exact) mass is 248 g/mol. The van der Waals surface area contributed by atoms with Gasteiger partial charge in [-0.3, -0.25) is 0 Å². The molecule has 0 atom stereocenters. The minimum absolute atomic E-state index is 0.0712. The van der Waals surface area contributed by atoms with E-state index in [4.69, 9.17) is 0 Å². The summed E-state index contributed by atoms with van der Waals surface area (Å²) in [5.74, 6) is 0. The van der Waals surface area contributed by atoms with Gasteiger partial charge in [0.2, 0.25) is 0 Å². The largest absolute Gasteiger partial charge is 0.392 e. The lowest BCUT2D eigenvalue weighted by Gasteiger charge is -2.13. The highest BCUT2D eigenvalue weighted by Gasteiger charge is 2.12. The fourth-order valence-electron chi connectivity index (χ4n) is 2.57. The Bertz CT molecular complexity index is 650. The summed E-state index contributed by atoms with van der Waals surface area (Å²) >= 11 is 0. The SMILES string of the molecule is OCc1ccccc1-c1ccccc1C1=CC=CC1. The molecular formula is C18H16O. The first-order valence-electron chi connectivity index (χ1n) is 6.54. The Labute approximate surface area is 113 Å². The molecule has 2 aromatic carbocycles. The van der Waals surface area contributed by atoms with Gasteiger partial charge in [0.1, 0.15) is 0 Å². The molecule has 1 aliphatic carbocycles. The van der Waals surface area contributed by atoms with E-state index in [9.17, 15) is 5.11 Å². The Kier molecular flexibility index (Phi) is 3.30. The number of benzene rings is 2. The molecule has 0 radical (unpaired) electrons. The second-order valence-corrected chi connectivity index (χ2v) is 4.69. The number of hydrogen-bond acceptors (Lipinski definition) is 1. The van der Waals surface area contributed by atoms with Gasteiger partial charge in [-0.25, -0.2) is 0 Å². The lowest BCUT2D eigenvalue weighted by Crippen LogP contribution is -1.93. The molecule has 0 bridgehead atoms. The molecule has 1 heteroatoms. The van der Waals surface area contributed by atoms with Crippen LogP contribution in [0.4, 0.5) is 0 Å². The Morgan fingerprint density at radius 1 is 0.842 bits per heavy atom. The molecule has 0 saturated heterocycles. The maximum atomic E-state index is 9.51. The van der Waals surface area contributed by atoms with Gasteiger partial charge in [0, 0.05) is 0 Å². The lowest BCUT2D eigenvalue weighted by molar-refractivity contribution is 0.282. The van der Waals surface area contributed by atoms with Crippen molar-refractivity contribution in [1.82, 2.24) is 0 Å². The molecule has 1 N–H and O–H groups in total. The van der Waals surface area contributed by atoms with Gasteiger partial charge in [0.15, 0.2) is 0 Å². The molecule has 0 heterocycles. The first kappa shape index (κ1) is 11.9. The van der Waals surface area contributed by atoms with Gasteiger partial charge >= 0.3 is 0 Å². The quantitative estimate of drug-likeness (QED) is 0.863. The summed E-state index contributed by atoms with van der Waals surface area (Å²) < 4.78 is 0. The minimum Gasteiger partial charge on any atom is -0.392 e. The van der Waals surface area contributed by atoms with Gasteiger partial charge in [-0.15, -0.1) is 0 Å². The van der Waals surface area contributed by atoms with E-state index in [1.807, 2.05) is 18.2 Å². The molecule has 0 spiro atoms. The van der Waals surface area contributed by atoms with Crippen molar-refractivity contribution in [3.63, 3.8) is 0 Å². The lowest BCUT2D eigenvalue weighted by atomic mass is 9.91. The number of rotatable bonds is 3. The Morgan fingerprint density at radius 2 is 1.53 bits per heavy atom. The van der Waals surface area contributed by atoms with Crippen LogP contribution in [0.3, 0.4) is 0 Å². The Hall–Kier alpha value is -2.12. The fourth-order valence-corrected chi connectivity index (χ4v) is 2.57. The average molecular weight is 248 g/mol. The van der Waals surface area contributed by atoms with E-state index in [-0.39, 0.29) is 6.61 Å². The van der Waals surface area contributed by atoms with Crippen LogP contribution in [-0.2, 0) is 6.61 Å². The van der Waals surface area contributed by atoms with Crippen LogP contribution in [0.5, 0.6) is 0 Å². The van der Waals surface area contributed by atoms with Crippen molar-refractivity contribution < 1.29 is 5.11 Å². The van der Waals surface area contributed by atoms with Gasteiger partial charge in [-0.2, -0.15) is 0 Å². The second kappa shape index (κ2) is 5.25. The van der Waals surface area contributed by atoms with Crippen LogP contribution in [0.1, 0.15) is 17.5 Å². The second-order valence-electron chi connectivity index (χ2n) is 4.69. The fraction of sp³-hybridized carbons (Fsp3) is 0.111. The third-order valence-electron chi connectivity index (χ3n) is 3.52. The van der Waals surface area contributed by atoms with Crippen molar-refractivity contribution in [1.29, 1.82) is 0 Å². The predicted octanol–water partition coefficient (Wildman–Crippen LogP) is 4.19. The van der Waals surface area contributed by atoms with Crippen molar-refractivity contribution in [2.45, 2.75) is 13.0 Å². The van der Waals surface area contributed by atoms with E-state index in [0.717, 1.165) is 17.5 Å². The summed E-state index contributed by atoms with van der Waals surface area (Å²) in [5, 5.41) is 9.51. The van der Waals surface area contributed by atoms with Crippen LogP contribution < -0.4 is 0 Å². The zero-order valence-electron chi connectivity index (χ0n) is 10.7. The number of aliphatic hydroxyl groups is 1. The number of aliphatic hydroxyl groups excluding tert-OH is 1. The van der Waals surface area contributed by atoms with Crippen LogP contribution in [-0.4, -0.2) is 5.11 Å². The van der Waals surface area contributed by atoms with Crippen molar-refractivity contribution in [3.8, 4) is 11.1 Å². The first-order valence-corrected chi connectivity index (χ1v) is 6.54. The summed E-state index contributed by atoms with van der Waals surface area (Å²) in [6.45, 7) is 0.0712. The van der Waals surface area contributed by atoms with Crippen molar-refractivity contribution >= 4 is 5.57 Å².